The number of carbonyl (C=O) groups excluding carboxylic acids is 3. The van der Waals surface area contributed by atoms with Crippen LogP contribution < -0.4 is 0 Å². The van der Waals surface area contributed by atoms with Crippen LogP contribution in [-0.2, 0) is 28.6 Å². The summed E-state index contributed by atoms with van der Waals surface area (Å²) in [6.45, 7) is 6.22. The Balaban J connectivity index is 4.51. The van der Waals surface area contributed by atoms with E-state index in [9.17, 15) is 14.4 Å². The molecule has 0 bridgehead atoms. The first-order valence-corrected chi connectivity index (χ1v) is 25.5. The molecule has 1 atom stereocenters. The number of hydrogen-bond donors (Lipinski definition) is 0. The normalized spacial score (nSPS) is 13.1. The van der Waals surface area contributed by atoms with E-state index in [-0.39, 0.29) is 44.4 Å². The van der Waals surface area contributed by atoms with Gasteiger partial charge in [-0.05, 0) is 96.3 Å². The maximum absolute atomic E-state index is 12.8. The van der Waals surface area contributed by atoms with E-state index in [1.165, 1.54) is 70.6 Å². The molecular formula is C58H92O6. The molecule has 0 radical (unpaired) electrons. The Morgan fingerprint density at radius 3 is 1.16 bits per heavy atom. The van der Waals surface area contributed by atoms with Crippen LogP contribution in [0, 0.1) is 0 Å². The zero-order valence-corrected chi connectivity index (χ0v) is 41.0. The van der Waals surface area contributed by atoms with E-state index in [0.717, 1.165) is 89.9 Å². The van der Waals surface area contributed by atoms with Gasteiger partial charge in [0.15, 0.2) is 6.10 Å². The third-order valence-corrected chi connectivity index (χ3v) is 10.2. The van der Waals surface area contributed by atoms with E-state index in [1.807, 2.05) is 18.2 Å². The Morgan fingerprint density at radius 2 is 0.703 bits per heavy atom. The number of rotatable bonds is 44. The van der Waals surface area contributed by atoms with Crippen molar-refractivity contribution in [2.75, 3.05) is 13.2 Å². The largest absolute Gasteiger partial charge is 0.462 e. The molecule has 6 nitrogen and oxygen atoms in total. The highest BCUT2D eigenvalue weighted by molar-refractivity contribution is 5.72. The van der Waals surface area contributed by atoms with Gasteiger partial charge >= 0.3 is 17.9 Å². The van der Waals surface area contributed by atoms with Crippen LogP contribution >= 0.6 is 0 Å². The molecule has 0 aromatic rings. The van der Waals surface area contributed by atoms with Gasteiger partial charge in [-0.1, -0.05) is 213 Å². The lowest BCUT2D eigenvalue weighted by atomic mass is 10.1. The third kappa shape index (κ3) is 48.8. The number of esters is 3. The third-order valence-electron chi connectivity index (χ3n) is 10.2. The first kappa shape index (κ1) is 59.8. The lowest BCUT2D eigenvalue weighted by Gasteiger charge is -2.18. The van der Waals surface area contributed by atoms with Crippen molar-refractivity contribution < 1.29 is 28.6 Å². The molecule has 0 aliphatic rings. The lowest BCUT2D eigenvalue weighted by molar-refractivity contribution is -0.166. The van der Waals surface area contributed by atoms with Crippen LogP contribution in [0.15, 0.2) is 122 Å². The molecule has 0 aromatic heterocycles. The molecule has 360 valence electrons. The summed E-state index contributed by atoms with van der Waals surface area (Å²) in [5.41, 5.74) is 0. The number of allylic oxidation sites excluding steroid dienone is 19. The van der Waals surface area contributed by atoms with Gasteiger partial charge in [-0.25, -0.2) is 0 Å². The molecule has 0 fully saturated rings. The highest BCUT2D eigenvalue weighted by atomic mass is 16.6. The van der Waals surface area contributed by atoms with Crippen molar-refractivity contribution in [1.82, 2.24) is 0 Å². The van der Waals surface area contributed by atoms with E-state index in [4.69, 9.17) is 14.2 Å². The fraction of sp³-hybridized carbons (Fsp3) is 0.603. The Labute approximate surface area is 392 Å². The standard InChI is InChI=1S/C58H92O6/c1-4-7-10-13-16-19-21-23-25-27-29-31-32-34-36-39-42-45-48-51-57(60)63-54-55(53-62-56(59)50-47-44-41-38-18-15-12-9-6-3)64-58(61)52-49-46-43-40-37-35-33-30-28-26-24-22-20-17-14-11-8-5-2/h7,9-10,12,16,18-19,23,25,29-31,33-34,36,38,42,44-45,47,55H,4-6,8,11,13-15,17,20-22,24,26-28,32,35,37,39-41,43,46,48-54H2,1-3H3/b10-7-,12-9-,19-16-,25-23-,31-29-,33-30-,36-34-,38-18-,45-42-,47-44-. The summed E-state index contributed by atoms with van der Waals surface area (Å²) >= 11 is 0. The SMILES string of the molecule is CC/C=C\C/C=C\C/C=C\C/C=C\C/C=C\C/C=C\CCC(=O)OCC(COC(=O)C/C=C\C/C=C\C/C=C\CC)OC(=O)CCCCCCC/C=C\CCCCCCCCCCC. The second-order valence-electron chi connectivity index (χ2n) is 16.3. The fourth-order valence-corrected chi connectivity index (χ4v) is 6.46. The summed E-state index contributed by atoms with van der Waals surface area (Å²) < 4.78 is 16.6. The van der Waals surface area contributed by atoms with E-state index < -0.39 is 12.1 Å². The molecule has 0 saturated carbocycles. The Hall–Kier alpha value is -4.19. The predicted octanol–water partition coefficient (Wildman–Crippen LogP) is 16.9. The van der Waals surface area contributed by atoms with Gasteiger partial charge in [-0.15, -0.1) is 0 Å². The maximum Gasteiger partial charge on any atom is 0.309 e. The summed E-state index contributed by atoms with van der Waals surface area (Å²) in [5, 5.41) is 0. The average molecular weight is 885 g/mol. The smallest absolute Gasteiger partial charge is 0.309 e. The van der Waals surface area contributed by atoms with Gasteiger partial charge in [-0.3, -0.25) is 14.4 Å². The van der Waals surface area contributed by atoms with Crippen LogP contribution in [0.2, 0.25) is 0 Å². The second-order valence-corrected chi connectivity index (χ2v) is 16.3. The average Bonchev–Trinajstić information content (AvgIpc) is 3.29. The quantitative estimate of drug-likeness (QED) is 0.0262. The van der Waals surface area contributed by atoms with Gasteiger partial charge in [0.05, 0.1) is 6.42 Å². The first-order valence-electron chi connectivity index (χ1n) is 25.5. The van der Waals surface area contributed by atoms with E-state index >= 15 is 0 Å². The molecule has 64 heavy (non-hydrogen) atoms. The van der Waals surface area contributed by atoms with Gasteiger partial charge in [0.25, 0.3) is 0 Å². The lowest BCUT2D eigenvalue weighted by Crippen LogP contribution is -2.30. The zero-order valence-electron chi connectivity index (χ0n) is 41.0. The van der Waals surface area contributed by atoms with Gasteiger partial charge in [0, 0.05) is 12.8 Å². The van der Waals surface area contributed by atoms with Crippen LogP contribution in [0.25, 0.3) is 0 Å². The fourth-order valence-electron chi connectivity index (χ4n) is 6.46. The molecular weight excluding hydrogens is 793 g/mol. The van der Waals surface area contributed by atoms with Gasteiger partial charge in [0.2, 0.25) is 0 Å². The molecule has 0 aliphatic carbocycles. The van der Waals surface area contributed by atoms with Crippen molar-refractivity contribution in [3.8, 4) is 0 Å². The predicted molar refractivity (Wildman–Crippen MR) is 274 cm³/mol. The molecule has 0 aliphatic heterocycles. The van der Waals surface area contributed by atoms with Crippen molar-refractivity contribution in [2.24, 2.45) is 0 Å². The van der Waals surface area contributed by atoms with Crippen molar-refractivity contribution >= 4 is 17.9 Å². The molecule has 0 rings (SSSR count). The summed E-state index contributed by atoms with van der Waals surface area (Å²) in [7, 11) is 0. The summed E-state index contributed by atoms with van der Waals surface area (Å²) in [6.07, 6.45) is 70.9. The minimum atomic E-state index is -0.850. The highest BCUT2D eigenvalue weighted by Crippen LogP contribution is 2.13. The first-order chi connectivity index (χ1) is 31.5. The van der Waals surface area contributed by atoms with Crippen molar-refractivity contribution in [3.05, 3.63) is 122 Å². The van der Waals surface area contributed by atoms with Crippen LogP contribution in [0.5, 0.6) is 0 Å². The molecule has 0 heterocycles. The molecule has 6 heteroatoms. The summed E-state index contributed by atoms with van der Waals surface area (Å²) in [5.74, 6) is -1.17. The van der Waals surface area contributed by atoms with E-state index in [2.05, 4.69) is 118 Å². The molecule has 0 aromatic carbocycles. The van der Waals surface area contributed by atoms with E-state index in [1.54, 1.807) is 6.08 Å². The van der Waals surface area contributed by atoms with Gasteiger partial charge in [-0.2, -0.15) is 0 Å². The zero-order chi connectivity index (χ0) is 46.5. The number of ether oxygens (including phenoxy) is 3. The van der Waals surface area contributed by atoms with Crippen LogP contribution in [0.3, 0.4) is 0 Å². The maximum atomic E-state index is 12.8. The van der Waals surface area contributed by atoms with Crippen molar-refractivity contribution in [1.29, 1.82) is 0 Å². The number of unbranched alkanes of at least 4 members (excludes halogenated alkanes) is 14. The van der Waals surface area contributed by atoms with Gasteiger partial charge < -0.3 is 14.2 Å². The Morgan fingerprint density at radius 1 is 0.344 bits per heavy atom. The van der Waals surface area contributed by atoms with E-state index in [0.29, 0.717) is 6.42 Å². The number of hydrogen-bond acceptors (Lipinski definition) is 6. The van der Waals surface area contributed by atoms with Crippen LogP contribution in [-0.4, -0.2) is 37.2 Å². The topological polar surface area (TPSA) is 78.9 Å². The molecule has 0 N–H and O–H groups in total. The monoisotopic (exact) mass is 885 g/mol. The minimum absolute atomic E-state index is 0.116. The van der Waals surface area contributed by atoms with Crippen molar-refractivity contribution in [3.63, 3.8) is 0 Å². The minimum Gasteiger partial charge on any atom is -0.462 e. The molecule has 1 unspecified atom stereocenters. The molecule has 0 spiro atoms. The summed E-state index contributed by atoms with van der Waals surface area (Å²) in [4.78, 5) is 37.8. The van der Waals surface area contributed by atoms with Gasteiger partial charge in [0.1, 0.15) is 13.2 Å². The highest BCUT2D eigenvalue weighted by Gasteiger charge is 2.19. The number of carbonyl (C=O) groups is 3. The summed E-state index contributed by atoms with van der Waals surface area (Å²) in [6, 6.07) is 0. The Bertz CT molecular complexity index is 1390. The molecule has 0 amide bonds. The molecule has 0 saturated heterocycles. The Kier molecular flexibility index (Phi) is 48.1. The van der Waals surface area contributed by atoms with Crippen LogP contribution in [0.4, 0.5) is 0 Å². The second kappa shape index (κ2) is 51.4. The van der Waals surface area contributed by atoms with Crippen molar-refractivity contribution in [2.45, 2.75) is 213 Å². The van der Waals surface area contributed by atoms with Crippen LogP contribution in [0.1, 0.15) is 207 Å².